The Morgan fingerprint density at radius 2 is 1.93 bits per heavy atom. The number of fused-ring (bicyclic) bond motifs is 1. The third-order valence-electron chi connectivity index (χ3n) is 3.36. The number of hydrogen-bond donors (Lipinski definition) is 1. The molecule has 3 fully saturated rings. The predicted octanol–water partition coefficient (Wildman–Crippen LogP) is 0.306. The lowest BCUT2D eigenvalue weighted by atomic mass is 9.94. The van der Waals surface area contributed by atoms with Crippen molar-refractivity contribution >= 4 is 5.97 Å². The van der Waals surface area contributed by atoms with Crippen LogP contribution in [0.15, 0.2) is 0 Å². The molecule has 1 unspecified atom stereocenters. The molecular formula is C10H14O5. The van der Waals surface area contributed by atoms with Crippen LogP contribution in [0.5, 0.6) is 0 Å². The second-order valence-corrected chi connectivity index (χ2v) is 4.42. The van der Waals surface area contributed by atoms with Gasteiger partial charge in [-0.3, -0.25) is 0 Å². The Bertz CT molecular complexity index is 284. The van der Waals surface area contributed by atoms with Crippen molar-refractivity contribution in [3.63, 3.8) is 0 Å². The van der Waals surface area contributed by atoms with Gasteiger partial charge in [0.2, 0.25) is 6.29 Å². The Labute approximate surface area is 87.3 Å². The molecule has 5 nitrogen and oxygen atoms in total. The van der Waals surface area contributed by atoms with E-state index < -0.39 is 30.3 Å². The summed E-state index contributed by atoms with van der Waals surface area (Å²) in [7, 11) is 0. The van der Waals surface area contributed by atoms with Gasteiger partial charge < -0.3 is 19.3 Å². The molecule has 84 valence electrons. The summed E-state index contributed by atoms with van der Waals surface area (Å²) in [5.74, 6) is -1.14. The molecule has 1 saturated carbocycles. The highest BCUT2D eigenvalue weighted by molar-refractivity contribution is 5.78. The van der Waals surface area contributed by atoms with Crippen molar-refractivity contribution in [2.24, 2.45) is 0 Å². The number of aliphatic hydroxyl groups excluding tert-OH is 1. The van der Waals surface area contributed by atoms with E-state index in [1.807, 2.05) is 0 Å². The molecule has 5 heteroatoms. The smallest absolute Gasteiger partial charge is 0.340 e. The van der Waals surface area contributed by atoms with Gasteiger partial charge in [0.25, 0.3) is 0 Å². The molecule has 0 aromatic rings. The first-order chi connectivity index (χ1) is 7.20. The van der Waals surface area contributed by atoms with Gasteiger partial charge in [-0.25, -0.2) is 4.79 Å². The summed E-state index contributed by atoms with van der Waals surface area (Å²) < 4.78 is 15.9. The van der Waals surface area contributed by atoms with Gasteiger partial charge in [-0.2, -0.15) is 0 Å². The molecule has 15 heavy (non-hydrogen) atoms. The van der Waals surface area contributed by atoms with E-state index in [4.69, 9.17) is 9.47 Å². The van der Waals surface area contributed by atoms with Crippen molar-refractivity contribution in [1.29, 1.82) is 0 Å². The summed E-state index contributed by atoms with van der Waals surface area (Å²) >= 11 is 0. The van der Waals surface area contributed by atoms with Gasteiger partial charge >= 0.3 is 5.97 Å². The third kappa shape index (κ3) is 1.38. The van der Waals surface area contributed by atoms with E-state index in [1.54, 1.807) is 0 Å². The molecule has 1 N–H and O–H groups in total. The lowest BCUT2D eigenvalue weighted by molar-refractivity contribution is -0.233. The minimum Gasteiger partial charge on any atom is -0.431 e. The van der Waals surface area contributed by atoms with Crippen LogP contribution in [0.4, 0.5) is 0 Å². The highest BCUT2D eigenvalue weighted by atomic mass is 16.8. The Balaban J connectivity index is 1.79. The first-order valence-corrected chi connectivity index (χ1v) is 5.44. The standard InChI is InChI=1S/C10H14O5/c11-8-6-7(9(12)13-8)15-10(14-6)4-2-1-3-5-10/h6-8,11H,1-5H2/t6?,7-,8-/m0/s1. The van der Waals surface area contributed by atoms with Crippen molar-refractivity contribution in [2.75, 3.05) is 0 Å². The summed E-state index contributed by atoms with van der Waals surface area (Å²) in [6.07, 6.45) is 2.36. The number of rotatable bonds is 0. The zero-order valence-corrected chi connectivity index (χ0v) is 8.35. The monoisotopic (exact) mass is 214 g/mol. The van der Waals surface area contributed by atoms with Gasteiger partial charge in [0.05, 0.1) is 0 Å². The Kier molecular flexibility index (Phi) is 2.02. The number of hydrogen-bond acceptors (Lipinski definition) is 5. The zero-order valence-electron chi connectivity index (χ0n) is 8.35. The summed E-state index contributed by atoms with van der Waals surface area (Å²) in [5, 5.41) is 9.44. The first-order valence-electron chi connectivity index (χ1n) is 5.44. The second-order valence-electron chi connectivity index (χ2n) is 4.42. The maximum atomic E-state index is 11.3. The van der Waals surface area contributed by atoms with E-state index in [2.05, 4.69) is 4.74 Å². The molecule has 3 rings (SSSR count). The van der Waals surface area contributed by atoms with E-state index in [0.717, 1.165) is 25.7 Å². The topological polar surface area (TPSA) is 65.0 Å². The lowest BCUT2D eigenvalue weighted by Gasteiger charge is -2.32. The van der Waals surface area contributed by atoms with Crippen LogP contribution in [0.2, 0.25) is 0 Å². The van der Waals surface area contributed by atoms with E-state index in [9.17, 15) is 9.90 Å². The van der Waals surface area contributed by atoms with Gasteiger partial charge in [-0.1, -0.05) is 6.42 Å². The molecule has 1 spiro atoms. The molecule has 3 atom stereocenters. The summed E-state index contributed by atoms with van der Waals surface area (Å²) in [6, 6.07) is 0. The van der Waals surface area contributed by atoms with Crippen LogP contribution in [0.3, 0.4) is 0 Å². The summed E-state index contributed by atoms with van der Waals surface area (Å²) in [6.45, 7) is 0. The first kappa shape index (κ1) is 9.57. The molecular weight excluding hydrogens is 200 g/mol. The maximum Gasteiger partial charge on any atom is 0.340 e. The number of carbonyl (C=O) groups excluding carboxylic acids is 1. The molecule has 2 aliphatic heterocycles. The van der Waals surface area contributed by atoms with Gasteiger partial charge in [0, 0.05) is 12.8 Å². The van der Waals surface area contributed by atoms with E-state index >= 15 is 0 Å². The molecule has 2 saturated heterocycles. The highest BCUT2D eigenvalue weighted by Crippen LogP contribution is 2.43. The lowest BCUT2D eigenvalue weighted by Crippen LogP contribution is -2.36. The average Bonchev–Trinajstić information content (AvgIpc) is 2.69. The Hall–Kier alpha value is -0.650. The van der Waals surface area contributed by atoms with Crippen molar-refractivity contribution in [3.05, 3.63) is 0 Å². The zero-order chi connectivity index (χ0) is 10.5. The van der Waals surface area contributed by atoms with E-state index in [1.165, 1.54) is 6.42 Å². The SMILES string of the molecule is O=C1O[C@H](O)C2OC3(CCCCC3)O[C@H]12. The van der Waals surface area contributed by atoms with E-state index in [-0.39, 0.29) is 0 Å². The number of ether oxygens (including phenoxy) is 3. The van der Waals surface area contributed by atoms with Gasteiger partial charge in [0.1, 0.15) is 0 Å². The van der Waals surface area contributed by atoms with Crippen molar-refractivity contribution in [3.8, 4) is 0 Å². The number of carbonyl (C=O) groups is 1. The van der Waals surface area contributed by atoms with Gasteiger partial charge in [-0.05, 0) is 12.8 Å². The normalized spacial score (nSPS) is 43.0. The van der Waals surface area contributed by atoms with Crippen LogP contribution in [0.25, 0.3) is 0 Å². The number of aliphatic hydroxyl groups is 1. The molecule has 0 bridgehead atoms. The van der Waals surface area contributed by atoms with Crippen molar-refractivity contribution in [1.82, 2.24) is 0 Å². The molecule has 0 aromatic carbocycles. The van der Waals surface area contributed by atoms with Crippen molar-refractivity contribution < 1.29 is 24.1 Å². The van der Waals surface area contributed by atoms with Gasteiger partial charge in [-0.15, -0.1) is 0 Å². The molecule has 0 amide bonds. The fourth-order valence-corrected chi connectivity index (χ4v) is 2.61. The van der Waals surface area contributed by atoms with Crippen LogP contribution in [0, 0.1) is 0 Å². The maximum absolute atomic E-state index is 11.3. The fourth-order valence-electron chi connectivity index (χ4n) is 2.61. The quantitative estimate of drug-likeness (QED) is 0.588. The van der Waals surface area contributed by atoms with Crippen LogP contribution in [-0.4, -0.2) is 35.4 Å². The molecule has 0 aromatic heterocycles. The molecule has 0 radical (unpaired) electrons. The molecule has 1 aliphatic carbocycles. The highest BCUT2D eigenvalue weighted by Gasteiger charge is 2.58. The number of cyclic esters (lactones) is 1. The largest absolute Gasteiger partial charge is 0.431 e. The second kappa shape index (κ2) is 3.17. The van der Waals surface area contributed by atoms with Crippen molar-refractivity contribution in [2.45, 2.75) is 56.4 Å². The van der Waals surface area contributed by atoms with Gasteiger partial charge in [0.15, 0.2) is 18.0 Å². The van der Waals surface area contributed by atoms with Crippen LogP contribution < -0.4 is 0 Å². The minimum absolute atomic E-state index is 0.505. The minimum atomic E-state index is -1.16. The summed E-state index contributed by atoms with van der Waals surface area (Å²) in [4.78, 5) is 11.3. The number of esters is 1. The van der Waals surface area contributed by atoms with Crippen LogP contribution >= 0.6 is 0 Å². The fraction of sp³-hybridized carbons (Fsp3) is 0.900. The van der Waals surface area contributed by atoms with E-state index in [0.29, 0.717) is 0 Å². The van der Waals surface area contributed by atoms with Crippen LogP contribution in [-0.2, 0) is 19.0 Å². The Morgan fingerprint density at radius 1 is 1.20 bits per heavy atom. The molecule has 3 aliphatic rings. The molecule has 2 heterocycles. The van der Waals surface area contributed by atoms with Crippen LogP contribution in [0.1, 0.15) is 32.1 Å². The Morgan fingerprint density at radius 3 is 2.60 bits per heavy atom. The third-order valence-corrected chi connectivity index (χ3v) is 3.36. The summed E-state index contributed by atoms with van der Waals surface area (Å²) in [5.41, 5.74) is 0. The average molecular weight is 214 g/mol. The predicted molar refractivity (Wildman–Crippen MR) is 47.7 cm³/mol.